The van der Waals surface area contributed by atoms with Crippen molar-refractivity contribution in [3.05, 3.63) is 199 Å². The molecule has 52 heavy (non-hydrogen) atoms. The molecule has 0 saturated heterocycles. The smallest absolute Gasteiger partial charge is 0.0571 e. The minimum absolute atomic E-state index is 0.324. The van der Waals surface area contributed by atoms with E-state index in [2.05, 4.69) is 184 Å². The Morgan fingerprint density at radius 2 is 1.06 bits per heavy atom. The number of nitrogens with zero attached hydrogens (tertiary/aromatic N) is 3. The van der Waals surface area contributed by atoms with E-state index < -0.39 is 0 Å². The highest BCUT2D eigenvalue weighted by atomic mass is 15.0. The third-order valence-corrected chi connectivity index (χ3v) is 11.2. The van der Waals surface area contributed by atoms with Gasteiger partial charge in [-0.25, -0.2) is 0 Å². The van der Waals surface area contributed by atoms with E-state index in [1.165, 1.54) is 88.2 Å². The Kier molecular flexibility index (Phi) is 6.38. The van der Waals surface area contributed by atoms with E-state index in [4.69, 9.17) is 0 Å². The topological polar surface area (TPSA) is 22.8 Å². The van der Waals surface area contributed by atoms with Gasteiger partial charge in [0, 0.05) is 51.2 Å². The number of para-hydroxylation sites is 2. The Hall–Kier alpha value is -6.71. The fourth-order valence-corrected chi connectivity index (χ4v) is 8.83. The van der Waals surface area contributed by atoms with Crippen LogP contribution in [0, 0.1) is 0 Å². The first kappa shape index (κ1) is 29.1. The maximum absolute atomic E-state index is 4.45. The van der Waals surface area contributed by atoms with Gasteiger partial charge >= 0.3 is 0 Å². The van der Waals surface area contributed by atoms with Crippen LogP contribution >= 0.6 is 0 Å². The molecule has 10 aromatic rings. The number of pyridine rings is 1. The molecule has 0 aliphatic heterocycles. The van der Waals surface area contributed by atoms with Gasteiger partial charge in [-0.15, -0.1) is 0 Å². The second kappa shape index (κ2) is 11.4. The molecule has 0 N–H and O–H groups in total. The largest absolute Gasteiger partial charge is 0.309 e. The first-order valence-electron chi connectivity index (χ1n) is 18.0. The molecule has 0 saturated carbocycles. The lowest BCUT2D eigenvalue weighted by atomic mass is 9.89. The highest BCUT2D eigenvalue weighted by Crippen LogP contribution is 2.47. The van der Waals surface area contributed by atoms with Crippen molar-refractivity contribution >= 4 is 43.6 Å². The van der Waals surface area contributed by atoms with Crippen LogP contribution in [0.3, 0.4) is 0 Å². The molecule has 1 atom stereocenters. The van der Waals surface area contributed by atoms with E-state index in [1.54, 1.807) is 0 Å². The zero-order chi connectivity index (χ0) is 34.2. The van der Waals surface area contributed by atoms with Gasteiger partial charge in [-0.3, -0.25) is 4.98 Å². The van der Waals surface area contributed by atoms with Crippen LogP contribution < -0.4 is 0 Å². The summed E-state index contributed by atoms with van der Waals surface area (Å²) in [5.74, 6) is 0.324. The Labute approximate surface area is 301 Å². The average molecular weight is 664 g/mol. The maximum Gasteiger partial charge on any atom is 0.0571 e. The molecule has 0 amide bonds. The van der Waals surface area contributed by atoms with Gasteiger partial charge in [0.05, 0.1) is 22.1 Å². The second-order valence-corrected chi connectivity index (χ2v) is 14.0. The van der Waals surface area contributed by atoms with Gasteiger partial charge in [-0.05, 0) is 100.0 Å². The second-order valence-electron chi connectivity index (χ2n) is 14.0. The van der Waals surface area contributed by atoms with Crippen molar-refractivity contribution in [1.82, 2.24) is 14.1 Å². The molecule has 0 bridgehead atoms. The number of fused-ring (bicyclic) bond motifs is 9. The van der Waals surface area contributed by atoms with Gasteiger partial charge in [-0.1, -0.05) is 115 Å². The van der Waals surface area contributed by atoms with Crippen molar-refractivity contribution in [3.63, 3.8) is 0 Å². The van der Waals surface area contributed by atoms with E-state index in [1.807, 2.05) is 12.4 Å². The Balaban J connectivity index is 0.980. The molecule has 3 nitrogen and oxygen atoms in total. The lowest BCUT2D eigenvalue weighted by Crippen LogP contribution is -2.02. The SMILES string of the molecule is c1ccc(-c2ccc3c(c2)-c2ccccc2C3Cc2ccc(-n3c4ccccc4c4cc(-n5c6ccccc6c6cnccc65)ccc43)cc2)cc1. The first-order chi connectivity index (χ1) is 25.8. The van der Waals surface area contributed by atoms with Crippen LogP contribution in [0.4, 0.5) is 0 Å². The minimum Gasteiger partial charge on any atom is -0.309 e. The Morgan fingerprint density at radius 1 is 0.423 bits per heavy atom. The van der Waals surface area contributed by atoms with Gasteiger partial charge in [-0.2, -0.15) is 0 Å². The van der Waals surface area contributed by atoms with Crippen LogP contribution in [-0.2, 0) is 6.42 Å². The molecule has 244 valence electrons. The van der Waals surface area contributed by atoms with Gasteiger partial charge in [0.25, 0.3) is 0 Å². The fourth-order valence-electron chi connectivity index (χ4n) is 8.83. The van der Waals surface area contributed by atoms with Crippen molar-refractivity contribution in [2.45, 2.75) is 12.3 Å². The summed E-state index contributed by atoms with van der Waals surface area (Å²) in [6, 6.07) is 62.4. The molecule has 11 rings (SSSR count). The minimum atomic E-state index is 0.324. The van der Waals surface area contributed by atoms with Crippen LogP contribution in [0.1, 0.15) is 22.6 Å². The summed E-state index contributed by atoms with van der Waals surface area (Å²) in [4.78, 5) is 4.45. The predicted molar refractivity (Wildman–Crippen MR) is 216 cm³/mol. The molecule has 0 fully saturated rings. The van der Waals surface area contributed by atoms with Crippen molar-refractivity contribution in [2.75, 3.05) is 0 Å². The van der Waals surface area contributed by atoms with E-state index in [0.717, 1.165) is 12.1 Å². The number of benzene rings is 7. The summed E-state index contributed by atoms with van der Waals surface area (Å²) in [7, 11) is 0. The lowest BCUT2D eigenvalue weighted by Gasteiger charge is -2.15. The molecule has 3 aromatic heterocycles. The summed E-state index contributed by atoms with van der Waals surface area (Å²) in [6.07, 6.45) is 4.83. The van der Waals surface area contributed by atoms with Crippen LogP contribution in [0.2, 0.25) is 0 Å². The van der Waals surface area contributed by atoms with Crippen molar-refractivity contribution in [2.24, 2.45) is 0 Å². The lowest BCUT2D eigenvalue weighted by molar-refractivity contribution is 0.827. The van der Waals surface area contributed by atoms with Gasteiger partial charge in [0.15, 0.2) is 0 Å². The molecule has 1 unspecified atom stereocenters. The van der Waals surface area contributed by atoms with Crippen LogP contribution in [-0.4, -0.2) is 14.1 Å². The number of rotatable bonds is 5. The van der Waals surface area contributed by atoms with Gasteiger partial charge < -0.3 is 9.13 Å². The predicted octanol–water partition coefficient (Wildman–Crippen LogP) is 12.3. The number of hydrogen-bond acceptors (Lipinski definition) is 1. The van der Waals surface area contributed by atoms with E-state index >= 15 is 0 Å². The molecular weight excluding hydrogens is 631 g/mol. The van der Waals surface area contributed by atoms with Gasteiger partial charge in [0.1, 0.15) is 0 Å². The summed E-state index contributed by atoms with van der Waals surface area (Å²) in [5, 5.41) is 4.88. The molecule has 3 heteroatoms. The van der Waals surface area contributed by atoms with E-state index in [0.29, 0.717) is 5.92 Å². The third-order valence-electron chi connectivity index (χ3n) is 11.2. The number of aromatic nitrogens is 3. The standard InChI is InChI=1S/C49H33N3/c1-2-10-33(11-3-1)34-20-24-39-42(37-12-4-5-13-38(37)43(39)29-34)28-32-18-21-35(22-19-32)51-46-16-8-6-14-40(46)44-30-36(23-25-48(44)51)52-47-17-9-7-15-41(47)45-31-50-27-26-49(45)52/h1-27,29-31,42H,28H2. The Bertz CT molecular complexity index is 2930. The summed E-state index contributed by atoms with van der Waals surface area (Å²) in [6.45, 7) is 0. The molecule has 1 aliphatic carbocycles. The molecule has 7 aromatic carbocycles. The average Bonchev–Trinajstić information content (AvgIpc) is 3.84. The van der Waals surface area contributed by atoms with Crippen molar-refractivity contribution in [3.8, 4) is 33.6 Å². The molecule has 0 spiro atoms. The summed E-state index contributed by atoms with van der Waals surface area (Å²) in [5.41, 5.74) is 16.5. The molecular formula is C49H33N3. The monoisotopic (exact) mass is 663 g/mol. The molecule has 3 heterocycles. The van der Waals surface area contributed by atoms with Crippen molar-refractivity contribution in [1.29, 1.82) is 0 Å². The molecule has 0 radical (unpaired) electrons. The van der Waals surface area contributed by atoms with Crippen LogP contribution in [0.15, 0.2) is 182 Å². The zero-order valence-electron chi connectivity index (χ0n) is 28.4. The fraction of sp³-hybridized carbons (Fsp3) is 0.0408. The first-order valence-corrected chi connectivity index (χ1v) is 18.0. The zero-order valence-corrected chi connectivity index (χ0v) is 28.4. The van der Waals surface area contributed by atoms with Crippen molar-refractivity contribution < 1.29 is 0 Å². The molecule has 1 aliphatic rings. The highest BCUT2D eigenvalue weighted by molar-refractivity contribution is 6.12. The third kappa shape index (κ3) is 4.36. The normalized spacial score (nSPS) is 13.7. The van der Waals surface area contributed by atoms with Crippen LogP contribution in [0.25, 0.3) is 77.2 Å². The maximum atomic E-state index is 4.45. The Morgan fingerprint density at radius 3 is 1.88 bits per heavy atom. The van der Waals surface area contributed by atoms with Crippen LogP contribution in [0.5, 0.6) is 0 Å². The van der Waals surface area contributed by atoms with E-state index in [9.17, 15) is 0 Å². The summed E-state index contributed by atoms with van der Waals surface area (Å²) >= 11 is 0. The highest BCUT2D eigenvalue weighted by Gasteiger charge is 2.29. The van der Waals surface area contributed by atoms with E-state index in [-0.39, 0.29) is 0 Å². The number of hydrogen-bond donors (Lipinski definition) is 0. The summed E-state index contributed by atoms with van der Waals surface area (Å²) < 4.78 is 4.79. The van der Waals surface area contributed by atoms with Gasteiger partial charge in [0.2, 0.25) is 0 Å². The quantitative estimate of drug-likeness (QED) is 0.180.